The molecule has 0 bridgehead atoms. The van der Waals surface area contributed by atoms with Crippen LogP contribution in [-0.2, 0) is 14.8 Å². The van der Waals surface area contributed by atoms with E-state index >= 15 is 0 Å². The van der Waals surface area contributed by atoms with E-state index in [0.717, 1.165) is 4.72 Å². The van der Waals surface area contributed by atoms with Crippen molar-refractivity contribution in [2.75, 3.05) is 0 Å². The maximum atomic E-state index is 11.8. The van der Waals surface area contributed by atoms with Gasteiger partial charge < -0.3 is 6.16 Å². The number of amides is 1. The summed E-state index contributed by atoms with van der Waals surface area (Å²) < 4.78 is 61.2. The first-order valence-electron chi connectivity index (χ1n) is 3.67. The Hall–Kier alpha value is -0.393. The number of hydrogen-bond acceptors (Lipinski definition) is 4. The van der Waals surface area contributed by atoms with Gasteiger partial charge in [0.25, 0.3) is 0 Å². The zero-order chi connectivity index (χ0) is 12.5. The van der Waals surface area contributed by atoms with Gasteiger partial charge in [-0.3, -0.25) is 0 Å². The Labute approximate surface area is 104 Å². The van der Waals surface area contributed by atoms with Crippen LogP contribution in [0.15, 0.2) is 0 Å². The van der Waals surface area contributed by atoms with Gasteiger partial charge in [0.15, 0.2) is 0 Å². The van der Waals surface area contributed by atoms with E-state index in [1.807, 2.05) is 0 Å². The quantitative estimate of drug-likeness (QED) is 0.579. The first kappa shape index (κ1) is 18.0. The molecule has 5 nitrogen and oxygen atoms in total. The molecule has 0 aromatic carbocycles. The van der Waals surface area contributed by atoms with Gasteiger partial charge >= 0.3 is 40.5 Å². The molecule has 0 atom stereocenters. The molecule has 10 heteroatoms. The number of sulfonamides is 1. The van der Waals surface area contributed by atoms with Gasteiger partial charge in [-0.05, 0) is 20.8 Å². The Kier molecular flexibility index (Phi) is 5.95. The van der Waals surface area contributed by atoms with Crippen LogP contribution in [-0.4, -0.2) is 25.6 Å². The normalized spacial score (nSPS) is 12.6. The van der Waals surface area contributed by atoms with Crippen LogP contribution in [0.1, 0.15) is 22.2 Å². The molecule has 0 aromatic heterocycles. The summed E-state index contributed by atoms with van der Waals surface area (Å²) in [5, 5.41) is 0. The predicted octanol–water partition coefficient (Wildman–Crippen LogP) is -1.52. The van der Waals surface area contributed by atoms with Crippen molar-refractivity contribution < 1.29 is 51.4 Å². The van der Waals surface area contributed by atoms with E-state index in [9.17, 15) is 26.4 Å². The van der Waals surface area contributed by atoms with Crippen LogP contribution in [0.2, 0.25) is 0 Å². The molecule has 0 saturated carbocycles. The van der Waals surface area contributed by atoms with Gasteiger partial charge in [0.2, 0.25) is 0 Å². The molecule has 92 valence electrons. The average Bonchev–Trinajstić information content (AvgIpc) is 1.75. The molecule has 0 aliphatic rings. The number of halogens is 3. The third-order valence-electron chi connectivity index (χ3n) is 0.921. The van der Waals surface area contributed by atoms with Gasteiger partial charge in [-0.15, -0.1) is 0 Å². The number of rotatable bonds is 1. The minimum absolute atomic E-state index is 0. The number of alkyl halides is 3. The first-order valence-corrected chi connectivity index (χ1v) is 5.15. The van der Waals surface area contributed by atoms with E-state index in [2.05, 4.69) is 4.74 Å². The third kappa shape index (κ3) is 6.25. The standard InChI is InChI=1S/C6H10F3NO4S.Li.H/c1-5(2,3)14-4(11)10-15(12,13)6(7,8)9;;/h1-3H3,(H,10,11);;/q;+1;-1. The van der Waals surface area contributed by atoms with Crippen molar-refractivity contribution in [3.05, 3.63) is 0 Å². The molecule has 0 aliphatic carbocycles. The maximum absolute atomic E-state index is 11.8. The molecule has 0 radical (unpaired) electrons. The summed E-state index contributed by atoms with van der Waals surface area (Å²) >= 11 is 0. The molecule has 1 N–H and O–H groups in total. The van der Waals surface area contributed by atoms with Crippen LogP contribution in [0, 0.1) is 0 Å². The Bertz CT molecular complexity index is 351. The van der Waals surface area contributed by atoms with E-state index in [0.29, 0.717) is 0 Å². The van der Waals surface area contributed by atoms with Crippen LogP contribution >= 0.6 is 0 Å². The van der Waals surface area contributed by atoms with Gasteiger partial charge in [-0.1, -0.05) is 0 Å². The van der Waals surface area contributed by atoms with Crippen molar-refractivity contribution in [2.24, 2.45) is 0 Å². The largest absolute Gasteiger partial charge is 1.00 e. The summed E-state index contributed by atoms with van der Waals surface area (Å²) in [5.74, 6) is 0. The molecular formula is C6H11F3LiNO4S. The summed E-state index contributed by atoms with van der Waals surface area (Å²) in [7, 11) is -5.69. The van der Waals surface area contributed by atoms with Gasteiger partial charge in [0.1, 0.15) is 5.60 Å². The van der Waals surface area contributed by atoms with Crippen molar-refractivity contribution in [2.45, 2.75) is 31.9 Å². The first-order chi connectivity index (χ1) is 6.35. The monoisotopic (exact) mass is 257 g/mol. The second-order valence-corrected chi connectivity index (χ2v) is 5.23. The zero-order valence-electron chi connectivity index (χ0n) is 10.2. The summed E-state index contributed by atoms with van der Waals surface area (Å²) in [5.41, 5.74) is -6.62. The van der Waals surface area contributed by atoms with Crippen molar-refractivity contribution in [3.63, 3.8) is 0 Å². The van der Waals surface area contributed by atoms with Crippen molar-refractivity contribution in [1.29, 1.82) is 0 Å². The summed E-state index contributed by atoms with van der Waals surface area (Å²) in [4.78, 5) is 10.7. The van der Waals surface area contributed by atoms with Crippen molar-refractivity contribution >= 4 is 16.1 Å². The molecule has 0 rings (SSSR count). The van der Waals surface area contributed by atoms with Crippen molar-refractivity contribution in [3.8, 4) is 0 Å². The average molecular weight is 257 g/mol. The second-order valence-electron chi connectivity index (χ2n) is 3.55. The molecule has 0 unspecified atom stereocenters. The molecule has 0 aromatic rings. The van der Waals surface area contributed by atoms with Crippen LogP contribution < -0.4 is 23.6 Å². The number of carbonyl (C=O) groups is 1. The molecule has 16 heavy (non-hydrogen) atoms. The molecular weight excluding hydrogens is 246 g/mol. The van der Waals surface area contributed by atoms with Crippen LogP contribution in [0.4, 0.5) is 18.0 Å². The molecule has 0 saturated heterocycles. The van der Waals surface area contributed by atoms with E-state index in [-0.39, 0.29) is 20.3 Å². The van der Waals surface area contributed by atoms with Crippen LogP contribution in [0.25, 0.3) is 0 Å². The van der Waals surface area contributed by atoms with E-state index in [1.165, 1.54) is 20.8 Å². The molecule has 0 heterocycles. The fraction of sp³-hybridized carbons (Fsp3) is 0.833. The molecule has 1 amide bonds. The number of carbonyl (C=O) groups excluding carboxylic acids is 1. The van der Waals surface area contributed by atoms with Crippen molar-refractivity contribution in [1.82, 2.24) is 4.72 Å². The van der Waals surface area contributed by atoms with Gasteiger partial charge in [0, 0.05) is 0 Å². The molecule has 0 fully saturated rings. The van der Waals surface area contributed by atoms with Crippen LogP contribution in [0.3, 0.4) is 0 Å². The molecule has 0 spiro atoms. The summed E-state index contributed by atoms with van der Waals surface area (Å²) in [6.07, 6.45) is -1.67. The second kappa shape index (κ2) is 5.29. The number of ether oxygens (including phenoxy) is 1. The Balaban J connectivity index is -0.000000980. The fourth-order valence-electron chi connectivity index (χ4n) is 0.466. The van der Waals surface area contributed by atoms with Crippen LogP contribution in [0.5, 0.6) is 0 Å². The zero-order valence-corrected chi connectivity index (χ0v) is 9.99. The predicted molar refractivity (Wildman–Crippen MR) is 45.5 cm³/mol. The third-order valence-corrected chi connectivity index (χ3v) is 1.97. The Morgan fingerprint density at radius 2 is 1.62 bits per heavy atom. The number of nitrogens with one attached hydrogen (secondary N) is 1. The maximum Gasteiger partial charge on any atom is 1.00 e. The smallest absolute Gasteiger partial charge is 1.00 e. The minimum Gasteiger partial charge on any atom is -1.00 e. The van der Waals surface area contributed by atoms with E-state index < -0.39 is 27.2 Å². The SMILES string of the molecule is CC(C)(C)OC(=O)NS(=O)(=O)C(F)(F)F.[H-].[Li+]. The minimum atomic E-state index is -5.69. The topological polar surface area (TPSA) is 72.5 Å². The Morgan fingerprint density at radius 3 is 1.88 bits per heavy atom. The van der Waals surface area contributed by atoms with Gasteiger partial charge in [0.05, 0.1) is 0 Å². The van der Waals surface area contributed by atoms with Gasteiger partial charge in [-0.2, -0.15) is 21.6 Å². The summed E-state index contributed by atoms with van der Waals surface area (Å²) in [6.45, 7) is 4.15. The fourth-order valence-corrected chi connectivity index (χ4v) is 0.843. The van der Waals surface area contributed by atoms with Gasteiger partial charge in [-0.25, -0.2) is 9.52 Å². The summed E-state index contributed by atoms with van der Waals surface area (Å²) in [6, 6.07) is 0. The Morgan fingerprint density at radius 1 is 1.25 bits per heavy atom. The van der Waals surface area contributed by atoms with E-state index in [1.54, 1.807) is 0 Å². The number of hydrogen-bond donors (Lipinski definition) is 1. The van der Waals surface area contributed by atoms with E-state index in [4.69, 9.17) is 0 Å². The molecule has 0 aliphatic heterocycles.